The molecule has 0 aliphatic carbocycles. The minimum absolute atomic E-state index is 0.0138. The van der Waals surface area contributed by atoms with Crippen LogP contribution in [-0.2, 0) is 20.9 Å². The molecule has 4 nitrogen and oxygen atoms in total. The van der Waals surface area contributed by atoms with E-state index in [4.69, 9.17) is 20.9 Å². The summed E-state index contributed by atoms with van der Waals surface area (Å²) in [6, 6.07) is 0. The molecule has 94 valence electrons. The number of carbonyl (C=O) groups is 1. The molecule has 0 radical (unpaired) electrons. The molecule has 1 fully saturated rings. The molecule has 1 aliphatic rings. The molecule has 0 bridgehead atoms. The molecular weight excluding hydrogens is 265 g/mol. The second-order valence-corrected chi connectivity index (χ2v) is 7.77. The van der Waals surface area contributed by atoms with Crippen molar-refractivity contribution in [3.05, 3.63) is 0 Å². The average molecular weight is 283 g/mol. The highest BCUT2D eigenvalue weighted by atomic mass is 32.5. The van der Waals surface area contributed by atoms with Gasteiger partial charge in [-0.3, -0.25) is 9.46 Å². The number of rotatable bonds is 6. The number of thioether (sulfide) groups is 1. The molecule has 16 heavy (non-hydrogen) atoms. The van der Waals surface area contributed by atoms with Gasteiger partial charge in [0.1, 0.15) is 0 Å². The van der Waals surface area contributed by atoms with Gasteiger partial charge in [0.2, 0.25) is 0 Å². The molecule has 1 heterocycles. The van der Waals surface area contributed by atoms with Crippen LogP contribution in [0.2, 0.25) is 0 Å². The van der Waals surface area contributed by atoms with Crippen LogP contribution in [0.25, 0.3) is 0 Å². The van der Waals surface area contributed by atoms with E-state index in [2.05, 4.69) is 0 Å². The molecule has 0 aromatic carbocycles. The van der Waals surface area contributed by atoms with E-state index in [1.54, 1.807) is 4.67 Å². The molecule has 0 N–H and O–H groups in total. The van der Waals surface area contributed by atoms with E-state index in [-0.39, 0.29) is 11.3 Å². The lowest BCUT2D eigenvalue weighted by molar-refractivity contribution is 0.165. The van der Waals surface area contributed by atoms with Gasteiger partial charge in [0.15, 0.2) is 0 Å². The van der Waals surface area contributed by atoms with Crippen LogP contribution in [0.4, 0.5) is 4.79 Å². The largest absolute Gasteiger partial charge is 0.314 e. The number of hydrogen-bond donors (Lipinski definition) is 0. The van der Waals surface area contributed by atoms with Gasteiger partial charge < -0.3 is 9.05 Å². The second kappa shape index (κ2) is 6.36. The first-order chi connectivity index (χ1) is 7.53. The number of hydrogen-bond acceptors (Lipinski definition) is 5. The van der Waals surface area contributed by atoms with Gasteiger partial charge in [-0.05, 0) is 32.1 Å². The Labute approximate surface area is 106 Å². The van der Waals surface area contributed by atoms with E-state index in [9.17, 15) is 4.79 Å². The molecule has 1 aliphatic heterocycles. The molecule has 0 saturated carbocycles. The maximum absolute atomic E-state index is 11.7. The van der Waals surface area contributed by atoms with Gasteiger partial charge in [0.25, 0.3) is 11.9 Å². The van der Waals surface area contributed by atoms with Crippen molar-refractivity contribution in [3.63, 3.8) is 0 Å². The van der Waals surface area contributed by atoms with Crippen LogP contribution in [0.1, 0.15) is 27.2 Å². The van der Waals surface area contributed by atoms with E-state index in [0.29, 0.717) is 13.2 Å². The predicted molar refractivity (Wildman–Crippen MR) is 71.3 cm³/mol. The van der Waals surface area contributed by atoms with Crippen LogP contribution in [0.15, 0.2) is 0 Å². The maximum Gasteiger partial charge on any atom is 0.293 e. The summed E-state index contributed by atoms with van der Waals surface area (Å²) in [6.07, 6.45) is 0.886. The Kier molecular flexibility index (Phi) is 5.74. The van der Waals surface area contributed by atoms with E-state index in [0.717, 1.165) is 12.2 Å². The van der Waals surface area contributed by atoms with Gasteiger partial charge in [0, 0.05) is 12.3 Å². The van der Waals surface area contributed by atoms with Crippen molar-refractivity contribution in [2.24, 2.45) is 0 Å². The minimum Gasteiger partial charge on any atom is -0.314 e. The molecule has 0 spiro atoms. The third kappa shape index (κ3) is 3.44. The van der Waals surface area contributed by atoms with Crippen LogP contribution in [0, 0.1) is 0 Å². The van der Waals surface area contributed by atoms with Crippen LogP contribution in [0.3, 0.4) is 0 Å². The molecule has 0 aromatic rings. The fourth-order valence-corrected chi connectivity index (χ4v) is 5.72. The summed E-state index contributed by atoms with van der Waals surface area (Å²) in [5, 5.41) is -0.0138. The van der Waals surface area contributed by atoms with Crippen molar-refractivity contribution in [1.29, 1.82) is 0 Å². The minimum atomic E-state index is -2.60. The Bertz CT molecular complexity index is 300. The number of nitrogens with zero attached hydrogens (tertiary/aromatic N) is 1. The topological polar surface area (TPSA) is 38.8 Å². The molecule has 1 amide bonds. The summed E-state index contributed by atoms with van der Waals surface area (Å²) >= 11 is 6.72. The van der Waals surface area contributed by atoms with E-state index in [1.807, 2.05) is 20.8 Å². The van der Waals surface area contributed by atoms with Gasteiger partial charge in [-0.25, -0.2) is 0 Å². The molecule has 7 heteroatoms. The smallest absolute Gasteiger partial charge is 0.293 e. The van der Waals surface area contributed by atoms with Crippen molar-refractivity contribution >= 4 is 35.5 Å². The zero-order valence-electron chi connectivity index (χ0n) is 9.84. The summed E-state index contributed by atoms with van der Waals surface area (Å²) in [4.78, 5) is 11.7. The fraction of sp³-hybridized carbons (Fsp3) is 0.889. The SMILES string of the molecule is CCOP(=S)(OC(C)CC)N1CCSC1=O. The van der Waals surface area contributed by atoms with E-state index in [1.165, 1.54) is 11.8 Å². The number of carbonyl (C=O) groups excluding carboxylic acids is 1. The summed E-state index contributed by atoms with van der Waals surface area (Å²) in [5.74, 6) is 0.772. The average Bonchev–Trinajstić information content (AvgIpc) is 2.65. The third-order valence-electron chi connectivity index (χ3n) is 2.22. The van der Waals surface area contributed by atoms with Crippen molar-refractivity contribution in [2.75, 3.05) is 18.9 Å². The molecule has 1 rings (SSSR count). The molecule has 1 saturated heterocycles. The lowest BCUT2D eigenvalue weighted by Crippen LogP contribution is -2.24. The van der Waals surface area contributed by atoms with Gasteiger partial charge in [-0.2, -0.15) is 0 Å². The lowest BCUT2D eigenvalue weighted by atomic mass is 10.3. The second-order valence-electron chi connectivity index (χ2n) is 3.45. The Morgan fingerprint density at radius 3 is 2.75 bits per heavy atom. The third-order valence-corrected chi connectivity index (χ3v) is 6.55. The standard InChI is InChI=1S/C9H18NO3PS2/c1-4-8(3)13-14(15,12-5-2)10-6-7-16-9(10)11/h8H,4-7H2,1-3H3. The Hall–Kier alpha value is 0.390. The first-order valence-electron chi connectivity index (χ1n) is 5.41. The highest BCUT2D eigenvalue weighted by Gasteiger charge is 2.37. The van der Waals surface area contributed by atoms with Crippen LogP contribution in [0.5, 0.6) is 0 Å². The summed E-state index contributed by atoms with van der Waals surface area (Å²) in [5.41, 5.74) is 0. The fourth-order valence-electron chi connectivity index (χ4n) is 1.23. The number of amides is 1. The van der Waals surface area contributed by atoms with Gasteiger partial charge in [0.05, 0.1) is 12.7 Å². The molecule has 2 atom stereocenters. The summed E-state index contributed by atoms with van der Waals surface area (Å²) in [7, 11) is 0. The van der Waals surface area contributed by atoms with Crippen LogP contribution < -0.4 is 0 Å². The van der Waals surface area contributed by atoms with Crippen LogP contribution in [-0.4, -0.2) is 34.9 Å². The zero-order valence-corrected chi connectivity index (χ0v) is 12.4. The van der Waals surface area contributed by atoms with Gasteiger partial charge in [-0.1, -0.05) is 18.7 Å². The van der Waals surface area contributed by atoms with Gasteiger partial charge >= 0.3 is 0 Å². The first-order valence-corrected chi connectivity index (χ1v) is 8.99. The van der Waals surface area contributed by atoms with Crippen LogP contribution >= 0.6 is 18.4 Å². The van der Waals surface area contributed by atoms with Crippen molar-refractivity contribution < 1.29 is 13.8 Å². The predicted octanol–water partition coefficient (Wildman–Crippen LogP) is 3.23. The lowest BCUT2D eigenvalue weighted by Gasteiger charge is -2.31. The quantitative estimate of drug-likeness (QED) is 0.700. The monoisotopic (exact) mass is 283 g/mol. The Balaban J connectivity index is 2.78. The van der Waals surface area contributed by atoms with E-state index >= 15 is 0 Å². The normalized spacial score (nSPS) is 22.2. The Morgan fingerprint density at radius 1 is 1.62 bits per heavy atom. The molecule has 2 unspecified atom stereocenters. The molecule has 0 aromatic heterocycles. The van der Waals surface area contributed by atoms with Crippen molar-refractivity contribution in [2.45, 2.75) is 33.3 Å². The van der Waals surface area contributed by atoms with Gasteiger partial charge in [-0.15, -0.1) is 0 Å². The summed E-state index contributed by atoms with van der Waals surface area (Å²) in [6.45, 7) is 4.36. The van der Waals surface area contributed by atoms with E-state index < -0.39 is 6.64 Å². The highest BCUT2D eigenvalue weighted by molar-refractivity contribution is 8.16. The Morgan fingerprint density at radius 2 is 2.31 bits per heavy atom. The highest BCUT2D eigenvalue weighted by Crippen LogP contribution is 2.56. The zero-order chi connectivity index (χ0) is 12.2. The van der Waals surface area contributed by atoms with Crippen molar-refractivity contribution in [3.8, 4) is 0 Å². The summed E-state index contributed by atoms with van der Waals surface area (Å²) < 4.78 is 12.9. The molecular formula is C9H18NO3PS2. The maximum atomic E-state index is 11.7. The van der Waals surface area contributed by atoms with Crippen molar-refractivity contribution in [1.82, 2.24) is 4.67 Å². The first kappa shape index (κ1) is 14.5.